The van der Waals surface area contributed by atoms with E-state index in [1.54, 1.807) is 0 Å². The molecular weight excluding hydrogens is 288 g/mol. The van der Waals surface area contributed by atoms with Crippen molar-refractivity contribution in [3.63, 3.8) is 0 Å². The zero-order chi connectivity index (χ0) is 15.1. The van der Waals surface area contributed by atoms with Crippen LogP contribution in [0.5, 0.6) is 0 Å². The Hall–Kier alpha value is -1.85. The van der Waals surface area contributed by atoms with Gasteiger partial charge < -0.3 is 15.2 Å². The number of nitrogens with zero attached hydrogens (tertiary/aromatic N) is 2. The summed E-state index contributed by atoms with van der Waals surface area (Å²) in [4.78, 5) is 20.0. The maximum Gasteiger partial charge on any atom is 0.271 e. The third kappa shape index (κ3) is 4.88. The molecule has 112 valence electrons. The van der Waals surface area contributed by atoms with Crippen molar-refractivity contribution in [3.8, 4) is 0 Å². The van der Waals surface area contributed by atoms with Gasteiger partial charge in [0.15, 0.2) is 5.82 Å². The van der Waals surface area contributed by atoms with Crippen molar-refractivity contribution in [1.29, 1.82) is 0 Å². The Balaban J connectivity index is 1.72. The van der Waals surface area contributed by atoms with E-state index < -0.39 is 0 Å². The van der Waals surface area contributed by atoms with Crippen LogP contribution in [0, 0.1) is 0 Å². The highest BCUT2D eigenvalue weighted by Gasteiger charge is 2.05. The average molecular weight is 307 g/mol. The van der Waals surface area contributed by atoms with Crippen LogP contribution in [0.15, 0.2) is 41.5 Å². The van der Waals surface area contributed by atoms with Crippen molar-refractivity contribution in [3.05, 3.63) is 57.6 Å². The van der Waals surface area contributed by atoms with Gasteiger partial charge in [-0.25, -0.2) is 4.98 Å². The molecule has 0 aliphatic heterocycles. The Labute approximate surface area is 129 Å². The quantitative estimate of drug-likeness (QED) is 0.771. The summed E-state index contributed by atoms with van der Waals surface area (Å²) in [6, 6.07) is 10.4. The van der Waals surface area contributed by atoms with Crippen LogP contribution in [0.4, 0.5) is 5.82 Å². The summed E-state index contributed by atoms with van der Waals surface area (Å²) in [5.74, 6) is 0.436. The second-order valence-electron chi connectivity index (χ2n) is 4.90. The number of hydrogen-bond donors (Lipinski definition) is 2. The number of H-pyrrole nitrogens is 1. The molecule has 0 atom stereocenters. The van der Waals surface area contributed by atoms with E-state index in [0.717, 1.165) is 26.1 Å². The molecule has 0 aliphatic carbocycles. The zero-order valence-electron chi connectivity index (χ0n) is 12.0. The molecule has 0 amide bonds. The first-order valence-electron chi connectivity index (χ1n) is 6.86. The van der Waals surface area contributed by atoms with Crippen LogP contribution in [0.25, 0.3) is 0 Å². The lowest BCUT2D eigenvalue weighted by molar-refractivity contribution is 0.325. The van der Waals surface area contributed by atoms with E-state index in [1.165, 1.54) is 11.9 Å². The highest BCUT2D eigenvalue weighted by atomic mass is 35.5. The monoisotopic (exact) mass is 306 g/mol. The fourth-order valence-corrected chi connectivity index (χ4v) is 2.21. The standard InChI is InChI=1S/C15H19ClN4O/c1-20(10-12-6-3-2-4-7-12)9-5-8-17-14-13(16)15(21)19-11-18-14/h2-4,6-7,11H,5,8-10H2,1H3,(H2,17,18,19,21). The summed E-state index contributed by atoms with van der Waals surface area (Å²) in [5.41, 5.74) is 0.975. The van der Waals surface area contributed by atoms with Gasteiger partial charge in [-0.05, 0) is 25.6 Å². The van der Waals surface area contributed by atoms with Crippen molar-refractivity contribution in [1.82, 2.24) is 14.9 Å². The molecule has 21 heavy (non-hydrogen) atoms. The number of nitrogens with one attached hydrogen (secondary N) is 2. The fraction of sp³-hybridized carbons (Fsp3) is 0.333. The molecule has 0 radical (unpaired) electrons. The van der Waals surface area contributed by atoms with E-state index in [4.69, 9.17) is 11.6 Å². The Kier molecular flexibility index (Phi) is 5.78. The zero-order valence-corrected chi connectivity index (χ0v) is 12.7. The molecule has 1 aromatic carbocycles. The summed E-state index contributed by atoms with van der Waals surface area (Å²) in [6.07, 6.45) is 2.28. The van der Waals surface area contributed by atoms with Crippen molar-refractivity contribution in [2.24, 2.45) is 0 Å². The van der Waals surface area contributed by atoms with E-state index in [0.29, 0.717) is 5.82 Å². The number of anilines is 1. The summed E-state index contributed by atoms with van der Waals surface area (Å²) < 4.78 is 0. The van der Waals surface area contributed by atoms with Gasteiger partial charge in [-0.15, -0.1) is 0 Å². The molecule has 0 saturated heterocycles. The van der Waals surface area contributed by atoms with E-state index in [1.807, 2.05) is 18.2 Å². The highest BCUT2D eigenvalue weighted by Crippen LogP contribution is 2.11. The molecule has 1 aromatic heterocycles. The van der Waals surface area contributed by atoms with Crippen LogP contribution in [-0.2, 0) is 6.54 Å². The van der Waals surface area contributed by atoms with Gasteiger partial charge in [0.05, 0.1) is 6.33 Å². The van der Waals surface area contributed by atoms with Crippen LogP contribution in [-0.4, -0.2) is 35.0 Å². The first kappa shape index (κ1) is 15.5. The molecule has 6 heteroatoms. The van der Waals surface area contributed by atoms with Crippen LogP contribution in [0.1, 0.15) is 12.0 Å². The topological polar surface area (TPSA) is 61.0 Å². The molecular formula is C15H19ClN4O. The normalized spacial score (nSPS) is 10.8. The highest BCUT2D eigenvalue weighted by molar-refractivity contribution is 6.32. The van der Waals surface area contributed by atoms with Crippen molar-refractivity contribution < 1.29 is 0 Å². The van der Waals surface area contributed by atoms with Crippen molar-refractivity contribution in [2.75, 3.05) is 25.5 Å². The maximum absolute atomic E-state index is 11.3. The van der Waals surface area contributed by atoms with Crippen LogP contribution >= 0.6 is 11.6 Å². The Bertz CT molecular complexity index is 615. The van der Waals surface area contributed by atoms with Crippen molar-refractivity contribution >= 4 is 17.4 Å². The summed E-state index contributed by atoms with van der Waals surface area (Å²) >= 11 is 5.86. The molecule has 2 rings (SSSR count). The van der Waals surface area contributed by atoms with Crippen LogP contribution in [0.3, 0.4) is 0 Å². The van der Waals surface area contributed by atoms with Crippen LogP contribution in [0.2, 0.25) is 5.02 Å². The molecule has 5 nitrogen and oxygen atoms in total. The van der Waals surface area contributed by atoms with Gasteiger partial charge in [0.25, 0.3) is 5.56 Å². The largest absolute Gasteiger partial charge is 0.369 e. The molecule has 2 N–H and O–H groups in total. The Morgan fingerprint density at radius 3 is 2.86 bits per heavy atom. The predicted molar refractivity (Wildman–Crippen MR) is 85.8 cm³/mol. The Morgan fingerprint density at radius 1 is 1.33 bits per heavy atom. The molecule has 0 bridgehead atoms. The molecule has 0 spiro atoms. The smallest absolute Gasteiger partial charge is 0.271 e. The predicted octanol–water partition coefficient (Wildman–Crippen LogP) is 2.36. The minimum atomic E-state index is -0.324. The van der Waals surface area contributed by atoms with E-state index in [-0.39, 0.29) is 10.6 Å². The van der Waals surface area contributed by atoms with Crippen LogP contribution < -0.4 is 10.9 Å². The van der Waals surface area contributed by atoms with Gasteiger partial charge in [-0.1, -0.05) is 41.9 Å². The summed E-state index contributed by atoms with van der Waals surface area (Å²) in [5, 5.41) is 3.19. The molecule has 0 fully saturated rings. The van der Waals surface area contributed by atoms with Gasteiger partial charge in [-0.2, -0.15) is 0 Å². The third-order valence-corrected chi connectivity index (χ3v) is 3.45. The second-order valence-corrected chi connectivity index (χ2v) is 5.28. The lowest BCUT2D eigenvalue weighted by Crippen LogP contribution is -2.21. The molecule has 0 unspecified atom stereocenters. The van der Waals surface area contributed by atoms with Gasteiger partial charge >= 0.3 is 0 Å². The SMILES string of the molecule is CN(CCCNc1nc[nH]c(=O)c1Cl)Cc1ccccc1. The lowest BCUT2D eigenvalue weighted by atomic mass is 10.2. The number of aromatic amines is 1. The van der Waals surface area contributed by atoms with Gasteiger partial charge in [0, 0.05) is 13.1 Å². The Morgan fingerprint density at radius 2 is 2.10 bits per heavy atom. The molecule has 0 saturated carbocycles. The molecule has 1 heterocycles. The fourth-order valence-electron chi connectivity index (χ4n) is 2.04. The van der Waals surface area contributed by atoms with Gasteiger partial charge in [0.1, 0.15) is 5.02 Å². The van der Waals surface area contributed by atoms with E-state index in [9.17, 15) is 4.79 Å². The number of benzene rings is 1. The minimum absolute atomic E-state index is 0.107. The number of aromatic nitrogens is 2. The number of hydrogen-bond acceptors (Lipinski definition) is 4. The summed E-state index contributed by atoms with van der Waals surface area (Å²) in [6.45, 7) is 2.59. The van der Waals surface area contributed by atoms with Gasteiger partial charge in [0.2, 0.25) is 0 Å². The minimum Gasteiger partial charge on any atom is -0.369 e. The van der Waals surface area contributed by atoms with Gasteiger partial charge in [-0.3, -0.25) is 4.79 Å². The molecule has 2 aromatic rings. The number of rotatable bonds is 7. The first-order valence-corrected chi connectivity index (χ1v) is 7.24. The average Bonchev–Trinajstić information content (AvgIpc) is 2.49. The second kappa shape index (κ2) is 7.81. The first-order chi connectivity index (χ1) is 10.2. The van der Waals surface area contributed by atoms with E-state index in [2.05, 4.69) is 39.4 Å². The number of halogens is 1. The summed E-state index contributed by atoms with van der Waals surface area (Å²) in [7, 11) is 2.09. The van der Waals surface area contributed by atoms with Crippen molar-refractivity contribution in [2.45, 2.75) is 13.0 Å². The third-order valence-electron chi connectivity index (χ3n) is 3.10. The molecule has 0 aliphatic rings. The van der Waals surface area contributed by atoms with E-state index >= 15 is 0 Å². The lowest BCUT2D eigenvalue weighted by Gasteiger charge is -2.16. The maximum atomic E-state index is 11.3.